The van der Waals surface area contributed by atoms with Crippen LogP contribution >= 0.6 is 0 Å². The van der Waals surface area contributed by atoms with E-state index < -0.39 is 29.5 Å². The highest BCUT2D eigenvalue weighted by atomic mass is 16.5. The van der Waals surface area contributed by atoms with E-state index in [2.05, 4.69) is 10.6 Å². The second-order valence-electron chi connectivity index (χ2n) is 9.47. The molecule has 0 heterocycles. The van der Waals surface area contributed by atoms with Crippen molar-refractivity contribution < 1.29 is 24.2 Å². The number of hydrogen-bond acceptors (Lipinski definition) is 5. The molecule has 2 amide bonds. The summed E-state index contributed by atoms with van der Waals surface area (Å²) in [7, 11) is 3.34. The summed E-state index contributed by atoms with van der Waals surface area (Å²) in [4.78, 5) is 39.1. The summed E-state index contributed by atoms with van der Waals surface area (Å²) in [5, 5.41) is 15.1. The zero-order chi connectivity index (χ0) is 26.2. The molecule has 0 spiro atoms. The molecule has 3 N–H and O–H groups in total. The van der Waals surface area contributed by atoms with Crippen LogP contribution in [-0.2, 0) is 19.8 Å². The molecule has 0 aliphatic heterocycles. The van der Waals surface area contributed by atoms with Crippen molar-refractivity contribution in [3.05, 3.63) is 41.5 Å². The number of carboxylic acid groups (broad SMARTS) is 1. The van der Waals surface area contributed by atoms with Crippen molar-refractivity contribution >= 4 is 17.8 Å². The van der Waals surface area contributed by atoms with Gasteiger partial charge in [0.15, 0.2) is 0 Å². The molecule has 0 saturated carbocycles. The molecule has 0 unspecified atom stereocenters. The molecule has 8 heteroatoms. The van der Waals surface area contributed by atoms with Gasteiger partial charge in [-0.05, 0) is 51.4 Å². The molecule has 0 bridgehead atoms. The van der Waals surface area contributed by atoms with Crippen molar-refractivity contribution in [2.75, 3.05) is 20.7 Å². The highest BCUT2D eigenvalue weighted by Gasteiger charge is 2.37. The van der Waals surface area contributed by atoms with E-state index in [1.165, 1.54) is 11.8 Å². The van der Waals surface area contributed by atoms with Crippen molar-refractivity contribution in [2.45, 2.75) is 72.0 Å². The number of amides is 2. The lowest BCUT2D eigenvalue weighted by Crippen LogP contribution is -2.58. The first-order valence-electron chi connectivity index (χ1n) is 11.7. The van der Waals surface area contributed by atoms with E-state index in [0.717, 1.165) is 11.3 Å². The summed E-state index contributed by atoms with van der Waals surface area (Å²) in [6.45, 7) is 13.4. The highest BCUT2D eigenvalue weighted by Crippen LogP contribution is 2.29. The fourth-order valence-corrected chi connectivity index (χ4v) is 4.02. The molecule has 190 valence electrons. The molecule has 3 atom stereocenters. The minimum atomic E-state index is -1.03. The Labute approximate surface area is 203 Å². The van der Waals surface area contributed by atoms with Crippen molar-refractivity contribution in [3.63, 3.8) is 0 Å². The molecule has 0 aliphatic rings. The first-order chi connectivity index (χ1) is 15.8. The Morgan fingerprint density at radius 1 is 1.15 bits per heavy atom. The second-order valence-corrected chi connectivity index (χ2v) is 9.47. The van der Waals surface area contributed by atoms with Gasteiger partial charge in [0.2, 0.25) is 11.8 Å². The maximum absolute atomic E-state index is 13.2. The Bertz CT molecular complexity index is 877. The van der Waals surface area contributed by atoms with E-state index in [0.29, 0.717) is 6.61 Å². The van der Waals surface area contributed by atoms with Crippen LogP contribution in [0.2, 0.25) is 0 Å². The van der Waals surface area contributed by atoms with Crippen molar-refractivity contribution in [1.82, 2.24) is 15.5 Å². The van der Waals surface area contributed by atoms with E-state index in [1.807, 2.05) is 58.9 Å². The number of likely N-dealkylation sites (N-methyl/N-ethyl adjacent to an activating group) is 2. The average Bonchev–Trinajstić information content (AvgIpc) is 2.76. The fourth-order valence-electron chi connectivity index (χ4n) is 4.02. The van der Waals surface area contributed by atoms with Crippen LogP contribution in [0.5, 0.6) is 5.75 Å². The van der Waals surface area contributed by atoms with Gasteiger partial charge in [0, 0.05) is 18.0 Å². The van der Waals surface area contributed by atoms with Crippen LogP contribution in [0.15, 0.2) is 35.9 Å². The lowest BCUT2D eigenvalue weighted by Gasteiger charge is -2.35. The predicted molar refractivity (Wildman–Crippen MR) is 134 cm³/mol. The highest BCUT2D eigenvalue weighted by molar-refractivity contribution is 5.91. The first-order valence-corrected chi connectivity index (χ1v) is 11.7. The largest absolute Gasteiger partial charge is 0.494 e. The van der Waals surface area contributed by atoms with Gasteiger partial charge in [0.25, 0.3) is 0 Å². The predicted octanol–water partition coefficient (Wildman–Crippen LogP) is 2.97. The second kappa shape index (κ2) is 12.6. The Kier molecular flexibility index (Phi) is 10.8. The van der Waals surface area contributed by atoms with Gasteiger partial charge >= 0.3 is 5.97 Å². The molecule has 1 aromatic rings. The minimum Gasteiger partial charge on any atom is -0.494 e. The van der Waals surface area contributed by atoms with Crippen LogP contribution in [0.3, 0.4) is 0 Å². The van der Waals surface area contributed by atoms with Gasteiger partial charge in [-0.2, -0.15) is 0 Å². The molecule has 8 nitrogen and oxygen atoms in total. The normalized spacial score (nSPS) is 14.8. The Balaban J connectivity index is 3.02. The monoisotopic (exact) mass is 475 g/mol. The molecule has 0 aliphatic carbocycles. The zero-order valence-corrected chi connectivity index (χ0v) is 21.9. The molecular formula is C26H41N3O5. The molecule has 0 fully saturated rings. The summed E-state index contributed by atoms with van der Waals surface area (Å²) >= 11 is 0. The van der Waals surface area contributed by atoms with Crippen LogP contribution in [0.4, 0.5) is 0 Å². The van der Waals surface area contributed by atoms with Crippen molar-refractivity contribution in [3.8, 4) is 5.75 Å². The number of ether oxygens (including phenoxy) is 1. The Hall–Kier alpha value is -2.87. The number of carboxylic acids is 1. The SMILES string of the molecule is CCOc1ccc(C(C)(C)[C@H](NC)C(=O)N[C@@H](C)C(=O)N(C)[C@H](/C=C(\C)C(=O)O)C(C)C)cc1. The lowest BCUT2D eigenvalue weighted by molar-refractivity contribution is -0.137. The molecular weight excluding hydrogens is 434 g/mol. The number of carbonyl (C=O) groups is 3. The van der Waals surface area contributed by atoms with Crippen LogP contribution in [0.1, 0.15) is 54.0 Å². The van der Waals surface area contributed by atoms with E-state index >= 15 is 0 Å². The number of rotatable bonds is 12. The number of hydrogen-bond donors (Lipinski definition) is 3. The van der Waals surface area contributed by atoms with E-state index in [4.69, 9.17) is 4.74 Å². The molecule has 1 aromatic carbocycles. The molecule has 0 saturated heterocycles. The summed E-state index contributed by atoms with van der Waals surface area (Å²) in [5.41, 5.74) is 0.554. The standard InChI is InChI=1S/C26H41N3O5/c1-10-34-20-13-11-19(12-14-20)26(6,7)22(27-8)23(30)28-18(5)24(31)29(9)21(16(2)3)15-17(4)25(32)33/h11-16,18,21-22,27H,10H2,1-9H3,(H,28,30)(H,32,33)/b17-15+/t18-,21+,22+/m0/s1. The van der Waals surface area contributed by atoms with Gasteiger partial charge in [-0.3, -0.25) is 9.59 Å². The fraction of sp³-hybridized carbons (Fsp3) is 0.577. The molecule has 34 heavy (non-hydrogen) atoms. The molecule has 1 rings (SSSR count). The van der Waals surface area contributed by atoms with Gasteiger partial charge in [-0.1, -0.05) is 45.9 Å². The van der Waals surface area contributed by atoms with E-state index in [9.17, 15) is 19.5 Å². The summed E-state index contributed by atoms with van der Waals surface area (Å²) in [6.07, 6.45) is 1.57. The number of carbonyl (C=O) groups excluding carboxylic acids is 2. The van der Waals surface area contributed by atoms with Crippen molar-refractivity contribution in [1.29, 1.82) is 0 Å². The van der Waals surface area contributed by atoms with Gasteiger partial charge in [-0.25, -0.2) is 4.79 Å². The molecule has 0 radical (unpaired) electrons. The van der Waals surface area contributed by atoms with Gasteiger partial charge < -0.3 is 25.4 Å². The quantitative estimate of drug-likeness (QED) is 0.401. The topological polar surface area (TPSA) is 108 Å². The minimum absolute atomic E-state index is 0.00481. The van der Waals surface area contributed by atoms with Gasteiger partial charge in [-0.15, -0.1) is 0 Å². The van der Waals surface area contributed by atoms with Crippen LogP contribution in [-0.4, -0.2) is 66.6 Å². The van der Waals surface area contributed by atoms with Gasteiger partial charge in [0.1, 0.15) is 11.8 Å². The zero-order valence-electron chi connectivity index (χ0n) is 21.9. The Morgan fingerprint density at radius 3 is 2.15 bits per heavy atom. The Morgan fingerprint density at radius 2 is 1.71 bits per heavy atom. The summed E-state index contributed by atoms with van der Waals surface area (Å²) in [6, 6.07) is 5.84. The van der Waals surface area contributed by atoms with Crippen LogP contribution < -0.4 is 15.4 Å². The summed E-state index contributed by atoms with van der Waals surface area (Å²) < 4.78 is 5.51. The maximum atomic E-state index is 13.2. The molecule has 0 aromatic heterocycles. The van der Waals surface area contributed by atoms with Gasteiger partial charge in [0.05, 0.1) is 18.7 Å². The number of aliphatic carboxylic acids is 1. The average molecular weight is 476 g/mol. The third-order valence-electron chi connectivity index (χ3n) is 6.15. The third-order valence-corrected chi connectivity index (χ3v) is 6.15. The van der Waals surface area contributed by atoms with Crippen LogP contribution in [0.25, 0.3) is 0 Å². The number of nitrogens with one attached hydrogen (secondary N) is 2. The lowest BCUT2D eigenvalue weighted by atomic mass is 9.77. The number of benzene rings is 1. The van der Waals surface area contributed by atoms with Crippen molar-refractivity contribution in [2.24, 2.45) is 5.92 Å². The smallest absolute Gasteiger partial charge is 0.331 e. The number of nitrogens with zero attached hydrogens (tertiary/aromatic N) is 1. The van der Waals surface area contributed by atoms with E-state index in [-0.39, 0.29) is 23.3 Å². The van der Waals surface area contributed by atoms with Crippen LogP contribution in [0, 0.1) is 5.92 Å². The maximum Gasteiger partial charge on any atom is 0.331 e. The first kappa shape index (κ1) is 29.2. The summed E-state index contributed by atoms with van der Waals surface area (Å²) in [5.74, 6) is -0.859. The third kappa shape index (κ3) is 7.32. The van der Waals surface area contributed by atoms with E-state index in [1.54, 1.807) is 27.1 Å².